The Hall–Kier alpha value is -3.23. The van der Waals surface area contributed by atoms with E-state index in [1.165, 1.54) is 13.0 Å². The molecule has 0 saturated carbocycles. The van der Waals surface area contributed by atoms with Gasteiger partial charge in [-0.25, -0.2) is 8.78 Å². The van der Waals surface area contributed by atoms with Gasteiger partial charge in [0, 0.05) is 56.2 Å². The van der Waals surface area contributed by atoms with Crippen molar-refractivity contribution >= 4 is 28.9 Å². The Morgan fingerprint density at radius 1 is 1.16 bits per heavy atom. The van der Waals surface area contributed by atoms with Crippen molar-refractivity contribution in [2.45, 2.75) is 59.5 Å². The van der Waals surface area contributed by atoms with Gasteiger partial charge in [-0.15, -0.1) is 0 Å². The first-order chi connectivity index (χ1) is 17.4. The van der Waals surface area contributed by atoms with Crippen molar-refractivity contribution in [2.75, 3.05) is 31.9 Å². The number of hydrogen-bond acceptors (Lipinski definition) is 5. The number of alkyl halides is 2. The summed E-state index contributed by atoms with van der Waals surface area (Å²) >= 11 is 0. The molecule has 9 heteroatoms. The molecule has 7 nitrogen and oxygen atoms in total. The number of ketones is 1. The number of nitrogens with zero attached hydrogens (tertiary/aromatic N) is 2. The highest BCUT2D eigenvalue weighted by Gasteiger charge is 2.36. The van der Waals surface area contributed by atoms with E-state index in [0.29, 0.717) is 72.7 Å². The second-order valence-corrected chi connectivity index (χ2v) is 9.92. The highest BCUT2D eigenvalue weighted by molar-refractivity contribution is 5.88. The summed E-state index contributed by atoms with van der Waals surface area (Å²) in [6.07, 6.45) is -0.380. The molecule has 37 heavy (non-hydrogen) atoms. The Bertz CT molecular complexity index is 1100. The lowest BCUT2D eigenvalue weighted by Gasteiger charge is -2.22. The van der Waals surface area contributed by atoms with Gasteiger partial charge in [0.05, 0.1) is 18.4 Å². The maximum absolute atomic E-state index is 13.5. The first-order valence-electron chi connectivity index (χ1n) is 12.7. The minimum Gasteiger partial charge on any atom is -0.488 e. The zero-order valence-electron chi connectivity index (χ0n) is 22.1. The monoisotopic (exact) mass is 517 g/mol. The topological polar surface area (TPSA) is 92.9 Å². The molecule has 0 spiro atoms. The Kier molecular flexibility index (Phi) is 9.10. The third-order valence-electron chi connectivity index (χ3n) is 7.38. The standard InChI is InChI=1S/C28H37F2N3O4/c1-6-24(35)22(27(29)30)13-16(2)17(3)26-18(4)25(8-7-23(26)31)37-21-10-12-33(15-21)28(36)20-9-11-32(14-20)19(5)34/h7-8,13,20-22,27H,3,6,9-12,14-15,31H2,1-2,4-5H3/b16-13+. The molecule has 202 valence electrons. The van der Waals surface area contributed by atoms with Gasteiger partial charge in [0.1, 0.15) is 17.6 Å². The summed E-state index contributed by atoms with van der Waals surface area (Å²) < 4.78 is 33.2. The minimum absolute atomic E-state index is 0.0130. The highest BCUT2D eigenvalue weighted by atomic mass is 19.3. The number of hydrogen-bond donors (Lipinski definition) is 1. The van der Waals surface area contributed by atoms with Crippen molar-refractivity contribution in [3.63, 3.8) is 0 Å². The predicted octanol–water partition coefficient (Wildman–Crippen LogP) is 4.25. The van der Waals surface area contributed by atoms with E-state index in [1.807, 2.05) is 6.92 Å². The average molecular weight is 518 g/mol. The Morgan fingerprint density at radius 3 is 2.43 bits per heavy atom. The summed E-state index contributed by atoms with van der Waals surface area (Å²) in [7, 11) is 0. The first kappa shape index (κ1) is 28.3. The van der Waals surface area contributed by atoms with Crippen LogP contribution in [0.5, 0.6) is 5.75 Å². The van der Waals surface area contributed by atoms with Gasteiger partial charge in [0.2, 0.25) is 11.8 Å². The number of Topliss-reactive ketones (excluding diaryl/α,β-unsaturated/α-hetero) is 1. The van der Waals surface area contributed by atoms with Crippen LogP contribution in [0.25, 0.3) is 5.57 Å². The van der Waals surface area contributed by atoms with Crippen LogP contribution in [0.15, 0.2) is 30.4 Å². The van der Waals surface area contributed by atoms with Crippen LogP contribution in [0.4, 0.5) is 14.5 Å². The van der Waals surface area contributed by atoms with Crippen molar-refractivity contribution in [1.82, 2.24) is 9.80 Å². The van der Waals surface area contributed by atoms with E-state index in [-0.39, 0.29) is 30.3 Å². The van der Waals surface area contributed by atoms with Gasteiger partial charge < -0.3 is 20.3 Å². The number of nitrogen functional groups attached to an aromatic ring is 1. The molecule has 2 heterocycles. The summed E-state index contributed by atoms with van der Waals surface area (Å²) in [5.74, 6) is -1.59. The molecule has 1 aromatic rings. The SMILES string of the molecule is C=C(/C(C)=C/C(C(=O)CC)C(F)F)c1c(N)ccc(OC2CCN(C(=O)C3CCN(C(C)=O)C3)C2)c1C. The van der Waals surface area contributed by atoms with Crippen molar-refractivity contribution in [1.29, 1.82) is 0 Å². The van der Waals surface area contributed by atoms with Crippen molar-refractivity contribution < 1.29 is 27.9 Å². The number of ether oxygens (including phenoxy) is 1. The normalized spacial score (nSPS) is 20.9. The summed E-state index contributed by atoms with van der Waals surface area (Å²) in [6.45, 7) is 12.7. The number of halogens is 2. The van der Waals surface area contributed by atoms with E-state index in [1.54, 1.807) is 35.8 Å². The van der Waals surface area contributed by atoms with Gasteiger partial charge in [0.15, 0.2) is 0 Å². The molecule has 2 amide bonds. The van der Waals surface area contributed by atoms with Gasteiger partial charge in [-0.2, -0.15) is 0 Å². The predicted molar refractivity (Wildman–Crippen MR) is 139 cm³/mol. The zero-order chi connectivity index (χ0) is 27.4. The lowest BCUT2D eigenvalue weighted by molar-refractivity contribution is -0.134. The van der Waals surface area contributed by atoms with E-state index in [4.69, 9.17) is 10.5 Å². The lowest BCUT2D eigenvalue weighted by Crippen LogP contribution is -2.37. The number of amides is 2. The number of likely N-dealkylation sites (tertiary alicyclic amines) is 2. The molecular formula is C28H37F2N3O4. The molecule has 0 bridgehead atoms. The van der Waals surface area contributed by atoms with Crippen LogP contribution in [0.2, 0.25) is 0 Å². The van der Waals surface area contributed by atoms with Gasteiger partial charge in [0.25, 0.3) is 6.43 Å². The molecule has 0 aliphatic carbocycles. The Labute approximate surface area is 217 Å². The molecule has 3 rings (SSSR count). The van der Waals surface area contributed by atoms with Gasteiger partial charge in [-0.05, 0) is 43.5 Å². The number of rotatable bonds is 9. The first-order valence-corrected chi connectivity index (χ1v) is 12.7. The van der Waals surface area contributed by atoms with Crippen LogP contribution in [0.3, 0.4) is 0 Å². The quantitative estimate of drug-likeness (QED) is 0.391. The average Bonchev–Trinajstić information content (AvgIpc) is 3.53. The smallest absolute Gasteiger partial charge is 0.251 e. The third kappa shape index (κ3) is 6.37. The number of carbonyl (C=O) groups excluding carboxylic acids is 3. The third-order valence-corrected chi connectivity index (χ3v) is 7.38. The fourth-order valence-electron chi connectivity index (χ4n) is 5.06. The summed E-state index contributed by atoms with van der Waals surface area (Å²) in [4.78, 5) is 40.1. The van der Waals surface area contributed by atoms with E-state index in [0.717, 1.165) is 0 Å². The maximum atomic E-state index is 13.5. The fraction of sp³-hybridized carbons (Fsp3) is 0.536. The lowest BCUT2D eigenvalue weighted by atomic mass is 9.91. The van der Waals surface area contributed by atoms with Crippen LogP contribution in [0.1, 0.15) is 51.2 Å². The van der Waals surface area contributed by atoms with Crippen LogP contribution in [0, 0.1) is 18.8 Å². The van der Waals surface area contributed by atoms with Crippen LogP contribution < -0.4 is 10.5 Å². The minimum atomic E-state index is -2.80. The number of anilines is 1. The van der Waals surface area contributed by atoms with Crippen LogP contribution >= 0.6 is 0 Å². The van der Waals surface area contributed by atoms with Crippen molar-refractivity contribution in [3.8, 4) is 5.75 Å². The summed E-state index contributed by atoms with van der Waals surface area (Å²) in [6, 6.07) is 3.44. The second kappa shape index (κ2) is 11.9. The van der Waals surface area contributed by atoms with E-state index in [2.05, 4.69) is 6.58 Å². The Morgan fingerprint density at radius 2 is 1.84 bits per heavy atom. The molecule has 1 aromatic carbocycles. The van der Waals surface area contributed by atoms with Crippen molar-refractivity contribution in [3.05, 3.63) is 41.5 Å². The van der Waals surface area contributed by atoms with E-state index < -0.39 is 18.1 Å². The van der Waals surface area contributed by atoms with E-state index >= 15 is 0 Å². The summed E-state index contributed by atoms with van der Waals surface area (Å²) in [5.41, 5.74) is 8.87. The molecule has 2 fully saturated rings. The molecule has 3 unspecified atom stereocenters. The number of nitrogens with two attached hydrogens (primary N) is 1. The van der Waals surface area contributed by atoms with Crippen LogP contribution in [-0.4, -0.2) is 66.1 Å². The number of carbonyl (C=O) groups is 3. The molecule has 3 atom stereocenters. The zero-order valence-corrected chi connectivity index (χ0v) is 22.1. The van der Waals surface area contributed by atoms with Gasteiger partial charge in [-0.1, -0.05) is 19.6 Å². The van der Waals surface area contributed by atoms with Crippen LogP contribution in [-0.2, 0) is 14.4 Å². The molecule has 2 aliphatic heterocycles. The fourth-order valence-corrected chi connectivity index (χ4v) is 5.06. The van der Waals surface area contributed by atoms with E-state index in [9.17, 15) is 23.2 Å². The largest absolute Gasteiger partial charge is 0.488 e. The number of benzene rings is 1. The number of allylic oxidation sites excluding steroid dienone is 3. The highest BCUT2D eigenvalue weighted by Crippen LogP contribution is 2.36. The molecule has 2 aliphatic rings. The molecule has 0 radical (unpaired) electrons. The van der Waals surface area contributed by atoms with Gasteiger partial charge in [-0.3, -0.25) is 14.4 Å². The molecule has 0 aromatic heterocycles. The summed E-state index contributed by atoms with van der Waals surface area (Å²) in [5, 5.41) is 0. The molecule has 2 saturated heterocycles. The Balaban J connectivity index is 1.72. The van der Waals surface area contributed by atoms with Gasteiger partial charge >= 0.3 is 0 Å². The van der Waals surface area contributed by atoms with Crippen molar-refractivity contribution in [2.24, 2.45) is 11.8 Å². The molecule has 2 N–H and O–H groups in total. The maximum Gasteiger partial charge on any atom is 0.251 e. The molecular weight excluding hydrogens is 480 g/mol. The second-order valence-electron chi connectivity index (χ2n) is 9.92.